The lowest BCUT2D eigenvalue weighted by atomic mass is 9.66. The van der Waals surface area contributed by atoms with E-state index < -0.39 is 23.6 Å². The van der Waals surface area contributed by atoms with Gasteiger partial charge in [-0.1, -0.05) is 0 Å². The smallest absolute Gasteiger partial charge is 0.407 e. The van der Waals surface area contributed by atoms with Crippen molar-refractivity contribution in [3.8, 4) is 11.5 Å². The molecule has 7 heteroatoms. The van der Waals surface area contributed by atoms with E-state index in [0.29, 0.717) is 17.9 Å². The van der Waals surface area contributed by atoms with Gasteiger partial charge in [-0.15, -0.1) is 0 Å². The summed E-state index contributed by atoms with van der Waals surface area (Å²) in [4.78, 5) is 23.6. The van der Waals surface area contributed by atoms with Gasteiger partial charge in [0.05, 0.1) is 20.1 Å². The highest BCUT2D eigenvalue weighted by molar-refractivity contribution is 5.75. The molecule has 3 atom stereocenters. The fourth-order valence-corrected chi connectivity index (χ4v) is 3.00. The molecule has 0 aliphatic heterocycles. The van der Waals surface area contributed by atoms with Crippen LogP contribution >= 0.6 is 0 Å². The number of aliphatic carboxylic acids is 1. The van der Waals surface area contributed by atoms with E-state index in [4.69, 9.17) is 14.2 Å². The zero-order valence-electron chi connectivity index (χ0n) is 15.2. The van der Waals surface area contributed by atoms with E-state index in [-0.39, 0.29) is 12.0 Å². The molecule has 1 aliphatic carbocycles. The molecule has 1 aliphatic rings. The molecule has 1 aromatic rings. The molecule has 0 heterocycles. The minimum atomic E-state index is -0.894. The molecule has 1 fully saturated rings. The van der Waals surface area contributed by atoms with Crippen LogP contribution in [0.5, 0.6) is 11.5 Å². The molecular weight excluding hydrogens is 326 g/mol. The first-order valence-corrected chi connectivity index (χ1v) is 8.10. The fraction of sp³-hybridized carbons (Fsp3) is 0.556. The van der Waals surface area contributed by atoms with E-state index in [1.165, 1.54) is 14.2 Å². The van der Waals surface area contributed by atoms with Crippen molar-refractivity contribution in [3.05, 3.63) is 23.8 Å². The minimum absolute atomic E-state index is 0.326. The molecule has 0 spiro atoms. The third-order valence-corrected chi connectivity index (χ3v) is 4.15. The maximum Gasteiger partial charge on any atom is 0.407 e. The van der Waals surface area contributed by atoms with Crippen molar-refractivity contribution in [2.75, 3.05) is 14.2 Å². The second-order valence-corrected chi connectivity index (χ2v) is 7.10. The van der Waals surface area contributed by atoms with Gasteiger partial charge in [-0.3, -0.25) is 4.79 Å². The van der Waals surface area contributed by atoms with E-state index in [0.717, 1.165) is 5.56 Å². The number of carbonyl (C=O) groups is 2. The van der Waals surface area contributed by atoms with Gasteiger partial charge in [0.1, 0.15) is 17.1 Å². The van der Waals surface area contributed by atoms with Gasteiger partial charge in [0.2, 0.25) is 0 Å². The molecule has 1 aromatic carbocycles. The molecule has 138 valence electrons. The lowest BCUT2D eigenvalue weighted by Crippen LogP contribution is -2.54. The zero-order chi connectivity index (χ0) is 18.8. The summed E-state index contributed by atoms with van der Waals surface area (Å²) in [6.07, 6.45) is -0.208. The Morgan fingerprint density at radius 3 is 2.12 bits per heavy atom. The molecule has 0 aromatic heterocycles. The third kappa shape index (κ3) is 4.55. The number of hydrogen-bond acceptors (Lipinski definition) is 5. The number of methoxy groups -OCH3 is 2. The standard InChI is InChI=1S/C18H25NO6/c1-18(2,3)25-17(22)19-14-9-13(16(20)21)15(14)10-6-11(23-4)8-12(7-10)24-5/h6-8,13-15H,9H2,1-5H3,(H,19,22)(H,20,21). The van der Waals surface area contributed by atoms with Crippen molar-refractivity contribution >= 4 is 12.1 Å². The van der Waals surface area contributed by atoms with Crippen molar-refractivity contribution in [2.45, 2.75) is 44.8 Å². The Morgan fingerprint density at radius 2 is 1.68 bits per heavy atom. The van der Waals surface area contributed by atoms with Gasteiger partial charge in [0.25, 0.3) is 0 Å². The van der Waals surface area contributed by atoms with Crippen LogP contribution in [0.3, 0.4) is 0 Å². The van der Waals surface area contributed by atoms with E-state index in [1.807, 2.05) is 0 Å². The molecule has 0 bridgehead atoms. The first-order chi connectivity index (χ1) is 11.6. The van der Waals surface area contributed by atoms with E-state index in [2.05, 4.69) is 5.32 Å². The van der Waals surface area contributed by atoms with Crippen LogP contribution in [0.4, 0.5) is 4.79 Å². The average Bonchev–Trinajstić information content (AvgIpc) is 2.48. The number of ether oxygens (including phenoxy) is 3. The van der Waals surface area contributed by atoms with Gasteiger partial charge in [0, 0.05) is 18.0 Å². The average molecular weight is 351 g/mol. The van der Waals surface area contributed by atoms with Crippen molar-refractivity contribution < 1.29 is 28.9 Å². The number of nitrogens with one attached hydrogen (secondary N) is 1. The largest absolute Gasteiger partial charge is 0.497 e. The van der Waals surface area contributed by atoms with Crippen molar-refractivity contribution in [3.63, 3.8) is 0 Å². The lowest BCUT2D eigenvalue weighted by Gasteiger charge is -2.43. The summed E-state index contributed by atoms with van der Waals surface area (Å²) in [5.74, 6) is -0.720. The highest BCUT2D eigenvalue weighted by Gasteiger charge is 2.47. The Kier molecular flexibility index (Phi) is 5.45. The van der Waals surface area contributed by atoms with Crippen LogP contribution in [0, 0.1) is 5.92 Å². The van der Waals surface area contributed by atoms with Crippen LogP contribution < -0.4 is 14.8 Å². The summed E-state index contributed by atoms with van der Waals surface area (Å²) < 4.78 is 15.8. The molecule has 2 N–H and O–H groups in total. The van der Waals surface area contributed by atoms with Crippen LogP contribution in [0.1, 0.15) is 38.7 Å². The van der Waals surface area contributed by atoms with Crippen LogP contribution in [0.15, 0.2) is 18.2 Å². The molecule has 1 saturated carbocycles. The van der Waals surface area contributed by atoms with Crippen LogP contribution in [0.2, 0.25) is 0 Å². The van der Waals surface area contributed by atoms with Crippen LogP contribution in [-0.4, -0.2) is 43.0 Å². The molecule has 25 heavy (non-hydrogen) atoms. The van der Waals surface area contributed by atoms with Gasteiger partial charge >= 0.3 is 12.1 Å². The third-order valence-electron chi connectivity index (χ3n) is 4.15. The van der Waals surface area contributed by atoms with Gasteiger partial charge in [-0.05, 0) is 44.9 Å². The van der Waals surface area contributed by atoms with Gasteiger partial charge < -0.3 is 24.6 Å². The molecule has 0 saturated heterocycles. The predicted molar refractivity (Wildman–Crippen MR) is 91.2 cm³/mol. The van der Waals surface area contributed by atoms with Crippen molar-refractivity contribution in [1.29, 1.82) is 0 Å². The van der Waals surface area contributed by atoms with E-state index in [1.54, 1.807) is 39.0 Å². The Balaban J connectivity index is 2.24. The number of alkyl carbamates (subject to hydrolysis) is 1. The molecule has 1 amide bonds. The summed E-state index contributed by atoms with van der Waals surface area (Å²) in [7, 11) is 3.06. The van der Waals surface area contributed by atoms with Crippen molar-refractivity contribution in [1.82, 2.24) is 5.32 Å². The zero-order valence-corrected chi connectivity index (χ0v) is 15.2. The maximum atomic E-state index is 12.0. The van der Waals surface area contributed by atoms with Gasteiger partial charge in [-0.2, -0.15) is 0 Å². The molecule has 0 radical (unpaired) electrons. The fourth-order valence-electron chi connectivity index (χ4n) is 3.00. The lowest BCUT2D eigenvalue weighted by molar-refractivity contribution is -0.146. The SMILES string of the molecule is COc1cc(OC)cc(C2C(NC(=O)OC(C)(C)C)CC2C(=O)O)c1. The molecular formula is C18H25NO6. The van der Waals surface area contributed by atoms with Crippen LogP contribution in [-0.2, 0) is 9.53 Å². The second-order valence-electron chi connectivity index (χ2n) is 7.10. The Hall–Kier alpha value is -2.44. The van der Waals surface area contributed by atoms with Gasteiger partial charge in [0.15, 0.2) is 0 Å². The summed E-state index contributed by atoms with van der Waals surface area (Å²) in [6, 6.07) is 4.93. The summed E-state index contributed by atoms with van der Waals surface area (Å²) >= 11 is 0. The Labute approximate surface area is 147 Å². The predicted octanol–water partition coefficient (Wildman–Crippen LogP) is 2.79. The summed E-state index contributed by atoms with van der Waals surface area (Å²) in [5, 5.41) is 12.2. The monoisotopic (exact) mass is 351 g/mol. The number of amides is 1. The van der Waals surface area contributed by atoms with E-state index in [9.17, 15) is 14.7 Å². The van der Waals surface area contributed by atoms with Gasteiger partial charge in [-0.25, -0.2) is 4.79 Å². The van der Waals surface area contributed by atoms with Crippen molar-refractivity contribution in [2.24, 2.45) is 5.92 Å². The number of benzene rings is 1. The minimum Gasteiger partial charge on any atom is -0.497 e. The molecule has 3 unspecified atom stereocenters. The first kappa shape index (κ1) is 18.9. The highest BCUT2D eigenvalue weighted by Crippen LogP contribution is 2.45. The Bertz CT molecular complexity index is 629. The Morgan fingerprint density at radius 1 is 1.12 bits per heavy atom. The second kappa shape index (κ2) is 7.21. The summed E-state index contributed by atoms with van der Waals surface area (Å²) in [6.45, 7) is 5.33. The number of carboxylic acid groups (broad SMARTS) is 1. The number of carboxylic acids is 1. The molecule has 2 rings (SSSR count). The normalized spacial score (nSPS) is 22.5. The first-order valence-electron chi connectivity index (χ1n) is 8.10. The highest BCUT2D eigenvalue weighted by atomic mass is 16.6. The maximum absolute atomic E-state index is 12.0. The number of rotatable bonds is 5. The summed E-state index contributed by atoms with van der Waals surface area (Å²) in [5.41, 5.74) is 0.130. The quantitative estimate of drug-likeness (QED) is 0.847. The number of hydrogen-bond donors (Lipinski definition) is 2. The van der Waals surface area contributed by atoms with Crippen LogP contribution in [0.25, 0.3) is 0 Å². The number of carbonyl (C=O) groups excluding carboxylic acids is 1. The molecule has 7 nitrogen and oxygen atoms in total. The van der Waals surface area contributed by atoms with E-state index >= 15 is 0 Å². The topological polar surface area (TPSA) is 94.1 Å².